The first-order valence-corrected chi connectivity index (χ1v) is 21.3. The first-order chi connectivity index (χ1) is 23.3. The molecule has 0 radical (unpaired) electrons. The average molecular weight is 940 g/mol. The number of nitrogens with zero attached hydrogens (tertiary/aromatic N) is 2. The minimum Gasteiger partial charge on any atom is -0.357 e. The summed E-state index contributed by atoms with van der Waals surface area (Å²) in [5.74, 6) is 1.71. The number of benzene rings is 4. The summed E-state index contributed by atoms with van der Waals surface area (Å²) in [7, 11) is 3.78. The van der Waals surface area contributed by atoms with Gasteiger partial charge in [0.15, 0.2) is 0 Å². The molecular weight excluding hydrogens is 908 g/mol. The zero-order valence-electron chi connectivity index (χ0n) is 25.6. The van der Waals surface area contributed by atoms with Crippen molar-refractivity contribution in [3.05, 3.63) is 137 Å². The van der Waals surface area contributed by atoms with E-state index in [0.29, 0.717) is 26.4 Å². The Morgan fingerprint density at radius 2 is 0.750 bits per heavy atom. The maximum Gasteiger partial charge on any atom is 0.139 e. The van der Waals surface area contributed by atoms with E-state index in [4.69, 9.17) is 18.9 Å². The van der Waals surface area contributed by atoms with Crippen LogP contribution >= 0.6 is 85.3 Å². The maximum absolute atomic E-state index is 6.63. The average Bonchev–Trinajstić information content (AvgIpc) is 3.82. The first-order valence-electron chi connectivity index (χ1n) is 15.6. The normalized spacial score (nSPS) is 30.2. The zero-order chi connectivity index (χ0) is 32.9. The van der Waals surface area contributed by atoms with Crippen molar-refractivity contribution in [3.8, 4) is 0 Å². The quantitative estimate of drug-likeness (QED) is 0.122. The minimum atomic E-state index is -0.273. The van der Waals surface area contributed by atoms with Crippen LogP contribution in [0.15, 0.2) is 115 Å². The second-order valence-electron chi connectivity index (χ2n) is 12.7. The summed E-state index contributed by atoms with van der Waals surface area (Å²) in [5, 5.41) is 0. The monoisotopic (exact) mass is 936 g/mol. The summed E-state index contributed by atoms with van der Waals surface area (Å²) in [4.78, 5) is 4.91. The number of ether oxygens (including phenoxy) is 4. The highest BCUT2D eigenvalue weighted by atomic mass is 79.9. The van der Waals surface area contributed by atoms with E-state index in [1.54, 1.807) is 0 Å². The van der Waals surface area contributed by atoms with Crippen LogP contribution in [0.25, 0.3) is 0 Å². The van der Waals surface area contributed by atoms with Gasteiger partial charge < -0.3 is 18.9 Å². The maximum atomic E-state index is 6.63. The van der Waals surface area contributed by atoms with E-state index in [2.05, 4.69) is 171 Å². The molecule has 0 spiro atoms. The summed E-state index contributed by atoms with van der Waals surface area (Å²) in [6, 6.07) is 33.6. The van der Waals surface area contributed by atoms with Gasteiger partial charge in [-0.05, 0) is 70.8 Å². The molecule has 4 aromatic rings. The Bertz CT molecular complexity index is 1560. The Morgan fingerprint density at radius 1 is 0.479 bits per heavy atom. The molecule has 4 saturated heterocycles. The van der Waals surface area contributed by atoms with Gasteiger partial charge in [-0.15, -0.1) is 0 Å². The standard InChI is InChI=1S/C36H32Br4N2O4S2/c37-27-9-1-5-23(13-27)31-41-32(24-6-2-10-28(38)14-24)44-18-35(41,17-43-31)21-47-48-22-36-19-45-33(25-7-3-11-29(39)15-25)42(36)34(46-20-36)26-8-4-12-30(40)16-26/h1-16,31-34H,17-22H2/t31-,32+,33-,34+,35?,36?. The van der Waals surface area contributed by atoms with Crippen molar-refractivity contribution < 1.29 is 18.9 Å². The molecular formula is C36H32Br4N2O4S2. The third kappa shape index (κ3) is 6.56. The number of fused-ring (bicyclic) bond motifs is 2. The predicted octanol–water partition coefficient (Wildman–Crippen LogP) is 10.4. The summed E-state index contributed by atoms with van der Waals surface area (Å²) in [6.45, 7) is 2.40. The van der Waals surface area contributed by atoms with E-state index in [1.807, 2.05) is 21.6 Å². The van der Waals surface area contributed by atoms with E-state index in [0.717, 1.165) is 51.7 Å². The minimum absolute atomic E-state index is 0.211. The molecule has 0 amide bonds. The summed E-state index contributed by atoms with van der Waals surface area (Å²) in [6.07, 6.45) is -0.844. The van der Waals surface area contributed by atoms with Gasteiger partial charge in [-0.1, -0.05) is 134 Å². The molecule has 0 aromatic heterocycles. The van der Waals surface area contributed by atoms with E-state index < -0.39 is 0 Å². The van der Waals surface area contributed by atoms with Crippen LogP contribution in [-0.2, 0) is 18.9 Å². The highest BCUT2D eigenvalue weighted by Crippen LogP contribution is 2.54. The van der Waals surface area contributed by atoms with E-state index in [1.165, 1.54) is 0 Å². The molecule has 4 aliphatic heterocycles. The molecule has 48 heavy (non-hydrogen) atoms. The number of hydrogen-bond donors (Lipinski definition) is 0. The molecule has 6 atom stereocenters. The molecule has 0 aliphatic carbocycles. The third-order valence-electron chi connectivity index (χ3n) is 9.42. The van der Waals surface area contributed by atoms with Crippen LogP contribution in [0.3, 0.4) is 0 Å². The molecule has 0 N–H and O–H groups in total. The molecule has 4 heterocycles. The lowest BCUT2D eigenvalue weighted by Gasteiger charge is -2.35. The van der Waals surface area contributed by atoms with Crippen molar-refractivity contribution in [1.82, 2.24) is 9.80 Å². The SMILES string of the molecule is Brc1cccc([C@H]2OCC3(CSSCC45CO[C@H](c6cccc(Br)c6)N4[C@H](c4cccc(Br)c4)OC5)CO[C@@H](c4cccc(Br)c4)N23)c1. The van der Waals surface area contributed by atoms with Gasteiger partial charge in [0.2, 0.25) is 0 Å². The lowest BCUT2D eigenvalue weighted by Crippen LogP contribution is -2.47. The lowest BCUT2D eigenvalue weighted by molar-refractivity contribution is -0.0618. The summed E-state index contributed by atoms with van der Waals surface area (Å²) < 4.78 is 30.6. The second-order valence-corrected chi connectivity index (χ2v) is 18.8. The van der Waals surface area contributed by atoms with E-state index >= 15 is 0 Å². The van der Waals surface area contributed by atoms with Gasteiger partial charge in [-0.25, -0.2) is 9.80 Å². The van der Waals surface area contributed by atoms with Crippen molar-refractivity contribution in [2.75, 3.05) is 37.9 Å². The van der Waals surface area contributed by atoms with Crippen LogP contribution in [0.1, 0.15) is 47.2 Å². The van der Waals surface area contributed by atoms with Crippen LogP contribution in [0.2, 0.25) is 0 Å². The molecule has 4 aromatic carbocycles. The fraction of sp³-hybridized carbons (Fsp3) is 0.333. The van der Waals surface area contributed by atoms with Crippen LogP contribution < -0.4 is 0 Å². The predicted molar refractivity (Wildman–Crippen MR) is 205 cm³/mol. The Morgan fingerprint density at radius 3 is 1.00 bits per heavy atom. The van der Waals surface area contributed by atoms with Crippen molar-refractivity contribution in [2.45, 2.75) is 36.0 Å². The first kappa shape index (κ1) is 34.4. The van der Waals surface area contributed by atoms with Crippen molar-refractivity contribution in [2.24, 2.45) is 0 Å². The van der Waals surface area contributed by atoms with Crippen LogP contribution in [0, 0.1) is 0 Å². The van der Waals surface area contributed by atoms with Gasteiger partial charge in [0, 0.05) is 29.4 Å². The van der Waals surface area contributed by atoms with Crippen LogP contribution in [-0.4, -0.2) is 58.8 Å². The van der Waals surface area contributed by atoms with Crippen molar-refractivity contribution >= 4 is 85.3 Å². The zero-order valence-corrected chi connectivity index (χ0v) is 33.6. The second kappa shape index (κ2) is 14.4. The molecule has 2 unspecified atom stereocenters. The topological polar surface area (TPSA) is 43.4 Å². The number of rotatable bonds is 9. The van der Waals surface area contributed by atoms with Gasteiger partial charge >= 0.3 is 0 Å². The Balaban J connectivity index is 1.03. The van der Waals surface area contributed by atoms with Gasteiger partial charge in [-0.3, -0.25) is 0 Å². The van der Waals surface area contributed by atoms with Crippen LogP contribution in [0.4, 0.5) is 0 Å². The molecule has 250 valence electrons. The Kier molecular flexibility index (Phi) is 10.3. The lowest BCUT2D eigenvalue weighted by atomic mass is 10.0. The number of hydrogen-bond acceptors (Lipinski definition) is 8. The molecule has 0 bridgehead atoms. The van der Waals surface area contributed by atoms with Crippen molar-refractivity contribution in [1.29, 1.82) is 0 Å². The van der Waals surface area contributed by atoms with Crippen LogP contribution in [0.5, 0.6) is 0 Å². The summed E-state index contributed by atoms with van der Waals surface area (Å²) >= 11 is 14.7. The molecule has 0 saturated carbocycles. The smallest absolute Gasteiger partial charge is 0.139 e. The fourth-order valence-corrected chi connectivity index (χ4v) is 11.9. The van der Waals surface area contributed by atoms with Gasteiger partial charge in [0.25, 0.3) is 0 Å². The number of halogens is 4. The van der Waals surface area contributed by atoms with E-state index in [9.17, 15) is 0 Å². The molecule has 4 fully saturated rings. The van der Waals surface area contributed by atoms with Crippen molar-refractivity contribution in [3.63, 3.8) is 0 Å². The summed E-state index contributed by atoms with van der Waals surface area (Å²) in [5.41, 5.74) is 3.93. The highest BCUT2D eigenvalue weighted by molar-refractivity contribution is 9.11. The molecule has 6 nitrogen and oxygen atoms in total. The van der Waals surface area contributed by atoms with Gasteiger partial charge in [-0.2, -0.15) is 0 Å². The fourth-order valence-electron chi connectivity index (χ4n) is 7.17. The molecule has 12 heteroatoms. The third-order valence-corrected chi connectivity index (χ3v) is 14.1. The van der Waals surface area contributed by atoms with Gasteiger partial charge in [0.1, 0.15) is 24.9 Å². The largest absolute Gasteiger partial charge is 0.357 e. The molecule has 4 aliphatic rings. The Hall–Kier alpha value is -0.740. The highest BCUT2D eigenvalue weighted by Gasteiger charge is 2.58. The van der Waals surface area contributed by atoms with Gasteiger partial charge in [0.05, 0.1) is 37.5 Å². The Labute approximate surface area is 322 Å². The van der Waals surface area contributed by atoms with E-state index in [-0.39, 0.29) is 36.0 Å². The molecule has 8 rings (SSSR count).